The number of anilines is 1. The van der Waals surface area contributed by atoms with Gasteiger partial charge in [0.1, 0.15) is 5.75 Å². The Labute approximate surface area is 126 Å². The summed E-state index contributed by atoms with van der Waals surface area (Å²) in [6, 6.07) is 7.45. The van der Waals surface area contributed by atoms with Gasteiger partial charge in [0.25, 0.3) is 0 Å². The lowest BCUT2D eigenvalue weighted by Crippen LogP contribution is -2.33. The molecular formula is C15H23ClN2O2. The lowest BCUT2D eigenvalue weighted by atomic mass is 10.2. The lowest BCUT2D eigenvalue weighted by Gasteiger charge is -2.19. The number of methoxy groups -OCH3 is 1. The summed E-state index contributed by atoms with van der Waals surface area (Å²) in [6.07, 6.45) is 4.97. The topological polar surface area (TPSA) is 41.6 Å². The van der Waals surface area contributed by atoms with Gasteiger partial charge in [-0.15, -0.1) is 12.4 Å². The van der Waals surface area contributed by atoms with E-state index in [9.17, 15) is 4.79 Å². The van der Waals surface area contributed by atoms with Gasteiger partial charge in [0.2, 0.25) is 5.91 Å². The Balaban J connectivity index is 0.00000200. The quantitative estimate of drug-likeness (QED) is 0.929. The van der Waals surface area contributed by atoms with E-state index in [0.29, 0.717) is 6.54 Å². The normalized spacial score (nSPS) is 15.8. The van der Waals surface area contributed by atoms with Gasteiger partial charge in [-0.25, -0.2) is 0 Å². The van der Waals surface area contributed by atoms with Gasteiger partial charge in [0, 0.05) is 11.8 Å². The van der Waals surface area contributed by atoms with Crippen molar-refractivity contribution in [1.29, 1.82) is 0 Å². The van der Waals surface area contributed by atoms with Crippen molar-refractivity contribution in [2.24, 2.45) is 0 Å². The predicted molar refractivity (Wildman–Crippen MR) is 83.8 cm³/mol. The number of nitrogens with one attached hydrogen (secondary N) is 1. The van der Waals surface area contributed by atoms with E-state index in [4.69, 9.17) is 4.74 Å². The van der Waals surface area contributed by atoms with Crippen LogP contribution in [0.2, 0.25) is 0 Å². The largest absolute Gasteiger partial charge is 0.497 e. The molecule has 20 heavy (non-hydrogen) atoms. The maximum atomic E-state index is 12.0. The monoisotopic (exact) mass is 298 g/mol. The predicted octanol–water partition coefficient (Wildman–Crippen LogP) is 2.93. The average molecular weight is 299 g/mol. The number of amides is 1. The number of nitrogens with zero attached hydrogens (tertiary/aromatic N) is 1. The van der Waals surface area contributed by atoms with Crippen molar-refractivity contribution in [3.05, 3.63) is 24.3 Å². The minimum absolute atomic E-state index is 0. The van der Waals surface area contributed by atoms with Crippen molar-refractivity contribution in [2.45, 2.75) is 25.7 Å². The maximum Gasteiger partial charge on any atom is 0.238 e. The number of halogens is 1. The molecule has 1 heterocycles. The van der Waals surface area contributed by atoms with E-state index in [1.54, 1.807) is 7.11 Å². The first kappa shape index (κ1) is 16.8. The summed E-state index contributed by atoms with van der Waals surface area (Å²) in [4.78, 5) is 14.2. The van der Waals surface area contributed by atoms with Gasteiger partial charge in [0.15, 0.2) is 0 Å². The number of hydrogen-bond acceptors (Lipinski definition) is 3. The third-order valence-corrected chi connectivity index (χ3v) is 3.42. The summed E-state index contributed by atoms with van der Waals surface area (Å²) in [5.74, 6) is 0.808. The number of rotatable bonds is 4. The summed E-state index contributed by atoms with van der Waals surface area (Å²) >= 11 is 0. The molecule has 5 heteroatoms. The van der Waals surface area contributed by atoms with Crippen molar-refractivity contribution >= 4 is 24.0 Å². The molecule has 0 unspecified atom stereocenters. The van der Waals surface area contributed by atoms with Crippen molar-refractivity contribution in [2.75, 3.05) is 32.1 Å². The zero-order chi connectivity index (χ0) is 13.5. The summed E-state index contributed by atoms with van der Waals surface area (Å²) in [5, 5.41) is 2.92. The van der Waals surface area contributed by atoms with Crippen molar-refractivity contribution in [1.82, 2.24) is 4.90 Å². The summed E-state index contributed by atoms with van der Waals surface area (Å²) in [5.41, 5.74) is 0.791. The highest BCUT2D eigenvalue weighted by Gasteiger charge is 2.13. The minimum atomic E-state index is 0. The Hall–Kier alpha value is -1.26. The Kier molecular flexibility index (Phi) is 7.41. The van der Waals surface area contributed by atoms with Crippen LogP contribution in [0.25, 0.3) is 0 Å². The Bertz CT molecular complexity index is 418. The third kappa shape index (κ3) is 5.39. The average Bonchev–Trinajstić information content (AvgIpc) is 2.67. The molecule has 0 saturated carbocycles. The second-order valence-electron chi connectivity index (χ2n) is 4.97. The molecule has 1 amide bonds. The van der Waals surface area contributed by atoms with Crippen LogP contribution in [0.1, 0.15) is 25.7 Å². The van der Waals surface area contributed by atoms with Crippen LogP contribution in [0.4, 0.5) is 5.69 Å². The molecule has 1 fully saturated rings. The lowest BCUT2D eigenvalue weighted by molar-refractivity contribution is -0.117. The fraction of sp³-hybridized carbons (Fsp3) is 0.533. The standard InChI is InChI=1S/C15H22N2O2.ClH/c1-19-14-8-6-7-13(11-14)16-15(18)12-17-9-4-2-3-5-10-17;/h6-8,11H,2-5,9-10,12H2,1H3,(H,16,18);1H. The number of hydrogen-bond donors (Lipinski definition) is 1. The van der Waals surface area contributed by atoms with Crippen LogP contribution in [-0.2, 0) is 4.79 Å². The smallest absolute Gasteiger partial charge is 0.238 e. The molecule has 0 atom stereocenters. The second-order valence-corrected chi connectivity index (χ2v) is 4.97. The van der Waals surface area contributed by atoms with E-state index in [2.05, 4.69) is 10.2 Å². The maximum absolute atomic E-state index is 12.0. The first-order chi connectivity index (χ1) is 9.28. The molecule has 1 aromatic rings. The molecule has 0 aromatic heterocycles. The number of ether oxygens (including phenoxy) is 1. The highest BCUT2D eigenvalue weighted by molar-refractivity contribution is 5.92. The highest BCUT2D eigenvalue weighted by atomic mass is 35.5. The molecule has 1 saturated heterocycles. The van der Waals surface area contributed by atoms with Crippen LogP contribution in [0.15, 0.2) is 24.3 Å². The van der Waals surface area contributed by atoms with E-state index >= 15 is 0 Å². The Morgan fingerprint density at radius 3 is 2.60 bits per heavy atom. The molecule has 1 aliphatic rings. The van der Waals surface area contributed by atoms with Gasteiger partial charge in [-0.05, 0) is 38.1 Å². The van der Waals surface area contributed by atoms with Gasteiger partial charge >= 0.3 is 0 Å². The van der Waals surface area contributed by atoms with Crippen LogP contribution in [0.3, 0.4) is 0 Å². The zero-order valence-electron chi connectivity index (χ0n) is 11.9. The Morgan fingerprint density at radius 2 is 1.95 bits per heavy atom. The molecule has 0 aliphatic carbocycles. The molecule has 1 aliphatic heterocycles. The Morgan fingerprint density at radius 1 is 1.25 bits per heavy atom. The first-order valence-electron chi connectivity index (χ1n) is 6.94. The molecule has 0 spiro atoms. The fourth-order valence-corrected chi connectivity index (χ4v) is 2.40. The van der Waals surface area contributed by atoms with Crippen LogP contribution in [0, 0.1) is 0 Å². The summed E-state index contributed by atoms with van der Waals surface area (Å²) in [6.45, 7) is 2.55. The zero-order valence-corrected chi connectivity index (χ0v) is 12.7. The van der Waals surface area contributed by atoms with Crippen molar-refractivity contribution < 1.29 is 9.53 Å². The molecule has 0 radical (unpaired) electrons. The summed E-state index contributed by atoms with van der Waals surface area (Å²) in [7, 11) is 1.62. The van der Waals surface area contributed by atoms with Gasteiger partial charge in [-0.3, -0.25) is 9.69 Å². The number of likely N-dealkylation sites (tertiary alicyclic amines) is 1. The molecule has 1 aromatic carbocycles. The number of benzene rings is 1. The van der Waals surface area contributed by atoms with E-state index in [-0.39, 0.29) is 18.3 Å². The minimum Gasteiger partial charge on any atom is -0.497 e. The molecule has 0 bridgehead atoms. The fourth-order valence-electron chi connectivity index (χ4n) is 2.40. The molecule has 2 rings (SSSR count). The summed E-state index contributed by atoms with van der Waals surface area (Å²) < 4.78 is 5.14. The van der Waals surface area contributed by atoms with Gasteiger partial charge in [-0.2, -0.15) is 0 Å². The first-order valence-corrected chi connectivity index (χ1v) is 6.94. The SMILES string of the molecule is COc1cccc(NC(=O)CN2CCCCCC2)c1.Cl. The highest BCUT2D eigenvalue weighted by Crippen LogP contribution is 2.16. The van der Waals surface area contributed by atoms with E-state index < -0.39 is 0 Å². The van der Waals surface area contributed by atoms with Crippen molar-refractivity contribution in [3.8, 4) is 5.75 Å². The van der Waals surface area contributed by atoms with Gasteiger partial charge < -0.3 is 10.1 Å². The van der Waals surface area contributed by atoms with Gasteiger partial charge in [-0.1, -0.05) is 18.9 Å². The van der Waals surface area contributed by atoms with E-state index in [0.717, 1.165) is 24.5 Å². The van der Waals surface area contributed by atoms with Crippen LogP contribution >= 0.6 is 12.4 Å². The number of carbonyl (C=O) groups is 1. The van der Waals surface area contributed by atoms with Crippen LogP contribution < -0.4 is 10.1 Å². The van der Waals surface area contributed by atoms with E-state index in [1.165, 1.54) is 25.7 Å². The van der Waals surface area contributed by atoms with Crippen molar-refractivity contribution in [3.63, 3.8) is 0 Å². The number of carbonyl (C=O) groups excluding carboxylic acids is 1. The second kappa shape index (κ2) is 8.82. The molecular weight excluding hydrogens is 276 g/mol. The van der Waals surface area contributed by atoms with E-state index in [1.807, 2.05) is 24.3 Å². The molecule has 4 nitrogen and oxygen atoms in total. The third-order valence-electron chi connectivity index (χ3n) is 3.42. The van der Waals surface area contributed by atoms with Crippen LogP contribution in [0.5, 0.6) is 5.75 Å². The van der Waals surface area contributed by atoms with Crippen LogP contribution in [-0.4, -0.2) is 37.6 Å². The molecule has 112 valence electrons. The van der Waals surface area contributed by atoms with Gasteiger partial charge in [0.05, 0.1) is 13.7 Å². The molecule has 1 N–H and O–H groups in total.